The lowest BCUT2D eigenvalue weighted by atomic mass is 10.2. The third kappa shape index (κ3) is 2.88. The highest BCUT2D eigenvalue weighted by Gasteiger charge is 2.12. The van der Waals surface area contributed by atoms with E-state index in [2.05, 4.69) is 21.2 Å². The monoisotopic (exact) mass is 326 g/mol. The molecule has 0 saturated heterocycles. The summed E-state index contributed by atoms with van der Waals surface area (Å²) in [6, 6.07) is 7.81. The lowest BCUT2D eigenvalue weighted by Gasteiger charge is -2.10. The van der Waals surface area contributed by atoms with E-state index in [9.17, 15) is 13.2 Å². The Balaban J connectivity index is 2.45. The minimum Gasteiger partial charge on any atom is -0.352 e. The molecule has 2 nitrogen and oxygen atoms in total. The minimum atomic E-state index is -1.29. The molecule has 2 aromatic rings. The summed E-state index contributed by atoms with van der Waals surface area (Å²) < 4.78 is 40.3. The highest BCUT2D eigenvalue weighted by atomic mass is 79.9. The van der Waals surface area contributed by atoms with Gasteiger partial charge in [0, 0.05) is 16.6 Å². The Labute approximate surface area is 115 Å². The van der Waals surface area contributed by atoms with Crippen LogP contribution >= 0.6 is 15.9 Å². The average Bonchev–Trinajstić information content (AvgIpc) is 2.37. The topological polar surface area (TPSA) is 35.8 Å². The molecule has 0 radical (unpaired) electrons. The van der Waals surface area contributed by atoms with Crippen molar-refractivity contribution in [3.05, 3.63) is 57.8 Å². The molecule has 0 spiro atoms. The predicted molar refractivity (Wildman–Crippen MR) is 68.5 cm³/mol. The second kappa shape index (κ2) is 5.33. The van der Waals surface area contributed by atoms with Crippen LogP contribution in [0.3, 0.4) is 0 Å². The summed E-state index contributed by atoms with van der Waals surface area (Å²) in [4.78, 5) is 0. The van der Waals surface area contributed by atoms with E-state index < -0.39 is 17.5 Å². The Morgan fingerprint density at radius 3 is 2.47 bits per heavy atom. The van der Waals surface area contributed by atoms with Crippen LogP contribution in [0, 0.1) is 28.8 Å². The first-order chi connectivity index (χ1) is 9.01. The van der Waals surface area contributed by atoms with Crippen molar-refractivity contribution in [1.82, 2.24) is 0 Å². The van der Waals surface area contributed by atoms with Crippen molar-refractivity contribution in [3.8, 4) is 6.07 Å². The summed E-state index contributed by atoms with van der Waals surface area (Å²) in [5, 5.41) is 11.4. The molecule has 19 heavy (non-hydrogen) atoms. The van der Waals surface area contributed by atoms with Crippen LogP contribution < -0.4 is 5.32 Å². The van der Waals surface area contributed by atoms with Crippen LogP contribution in [0.1, 0.15) is 5.56 Å². The number of anilines is 2. The molecule has 0 bridgehead atoms. The number of hydrogen-bond acceptors (Lipinski definition) is 2. The standard InChI is InChI=1S/C13H6BrF3N2/c14-8-1-2-11(7(3-8)6-18)19-12-5-9(15)4-10(16)13(12)17/h1-5,19H. The van der Waals surface area contributed by atoms with Crippen LogP contribution in [0.5, 0.6) is 0 Å². The number of nitrogens with one attached hydrogen (secondary N) is 1. The number of rotatable bonds is 2. The first kappa shape index (κ1) is 13.4. The molecule has 0 atom stereocenters. The molecule has 0 saturated carbocycles. The fourth-order valence-corrected chi connectivity index (χ4v) is 1.87. The van der Waals surface area contributed by atoms with Crippen molar-refractivity contribution in [2.24, 2.45) is 0 Å². The summed E-state index contributed by atoms with van der Waals surface area (Å²) in [5.74, 6) is -3.40. The zero-order chi connectivity index (χ0) is 14.0. The summed E-state index contributed by atoms with van der Waals surface area (Å²) in [6.07, 6.45) is 0. The van der Waals surface area contributed by atoms with Crippen LogP contribution in [0.25, 0.3) is 0 Å². The van der Waals surface area contributed by atoms with Gasteiger partial charge in [-0.25, -0.2) is 13.2 Å². The largest absolute Gasteiger partial charge is 0.352 e. The zero-order valence-electron chi connectivity index (χ0n) is 9.35. The number of halogens is 4. The predicted octanol–water partition coefficient (Wildman–Crippen LogP) is 4.48. The van der Waals surface area contributed by atoms with Gasteiger partial charge in [-0.15, -0.1) is 0 Å². The molecule has 0 unspecified atom stereocenters. The van der Waals surface area contributed by atoms with Gasteiger partial charge in [0.05, 0.1) is 16.9 Å². The lowest BCUT2D eigenvalue weighted by Crippen LogP contribution is -1.99. The van der Waals surface area contributed by atoms with Crippen LogP contribution in [-0.4, -0.2) is 0 Å². The van der Waals surface area contributed by atoms with Gasteiger partial charge < -0.3 is 5.32 Å². The van der Waals surface area contributed by atoms with Gasteiger partial charge in [0.25, 0.3) is 0 Å². The van der Waals surface area contributed by atoms with E-state index in [1.165, 1.54) is 12.1 Å². The molecule has 0 fully saturated rings. The maximum Gasteiger partial charge on any atom is 0.182 e. The van der Waals surface area contributed by atoms with Crippen molar-refractivity contribution in [1.29, 1.82) is 5.26 Å². The molecule has 0 aliphatic rings. The van der Waals surface area contributed by atoms with Gasteiger partial charge >= 0.3 is 0 Å². The zero-order valence-corrected chi connectivity index (χ0v) is 10.9. The number of benzene rings is 2. The maximum absolute atomic E-state index is 13.5. The number of hydrogen-bond donors (Lipinski definition) is 1. The fourth-order valence-electron chi connectivity index (χ4n) is 1.51. The summed E-state index contributed by atoms with van der Waals surface area (Å²) in [7, 11) is 0. The Morgan fingerprint density at radius 2 is 1.79 bits per heavy atom. The molecule has 0 aliphatic carbocycles. The van der Waals surface area contributed by atoms with Crippen molar-refractivity contribution < 1.29 is 13.2 Å². The minimum absolute atomic E-state index is 0.221. The van der Waals surface area contributed by atoms with E-state index in [1.54, 1.807) is 6.07 Å². The summed E-state index contributed by atoms with van der Waals surface area (Å²) in [6.45, 7) is 0. The first-order valence-electron chi connectivity index (χ1n) is 5.12. The smallest absolute Gasteiger partial charge is 0.182 e. The van der Waals surface area contributed by atoms with Gasteiger partial charge in [-0.05, 0) is 18.2 Å². The second-order valence-electron chi connectivity index (χ2n) is 3.68. The fraction of sp³-hybridized carbons (Fsp3) is 0. The molecule has 2 aromatic carbocycles. The first-order valence-corrected chi connectivity index (χ1v) is 5.92. The van der Waals surface area contributed by atoms with Crippen LogP contribution in [0.4, 0.5) is 24.5 Å². The third-order valence-corrected chi connectivity index (χ3v) is 2.86. The normalized spacial score (nSPS) is 10.1. The Morgan fingerprint density at radius 1 is 1.05 bits per heavy atom. The van der Waals surface area contributed by atoms with E-state index in [1.807, 2.05) is 6.07 Å². The molecule has 0 amide bonds. The molecular formula is C13H6BrF3N2. The molecule has 0 aliphatic heterocycles. The summed E-state index contributed by atoms with van der Waals surface area (Å²) in [5.41, 5.74) is 0.115. The van der Waals surface area contributed by atoms with E-state index in [4.69, 9.17) is 5.26 Å². The second-order valence-corrected chi connectivity index (χ2v) is 4.59. The molecule has 0 heterocycles. The van der Waals surface area contributed by atoms with E-state index in [0.29, 0.717) is 10.5 Å². The van der Waals surface area contributed by atoms with Crippen LogP contribution in [0.15, 0.2) is 34.8 Å². The van der Waals surface area contributed by atoms with Crippen LogP contribution in [-0.2, 0) is 0 Å². The van der Waals surface area contributed by atoms with Crippen molar-refractivity contribution >= 4 is 27.3 Å². The van der Waals surface area contributed by atoms with Gasteiger partial charge in [0.15, 0.2) is 11.6 Å². The number of nitriles is 1. The maximum atomic E-state index is 13.5. The van der Waals surface area contributed by atoms with Gasteiger partial charge in [0.1, 0.15) is 11.9 Å². The Kier molecular flexibility index (Phi) is 3.76. The highest BCUT2D eigenvalue weighted by Crippen LogP contribution is 2.27. The average molecular weight is 327 g/mol. The van der Waals surface area contributed by atoms with E-state index in [-0.39, 0.29) is 16.9 Å². The molecule has 0 aromatic heterocycles. The Bertz CT molecular complexity index is 680. The van der Waals surface area contributed by atoms with Gasteiger partial charge in [0.2, 0.25) is 0 Å². The van der Waals surface area contributed by atoms with E-state index >= 15 is 0 Å². The van der Waals surface area contributed by atoms with Gasteiger partial charge in [-0.1, -0.05) is 15.9 Å². The van der Waals surface area contributed by atoms with Crippen molar-refractivity contribution in [2.45, 2.75) is 0 Å². The van der Waals surface area contributed by atoms with Crippen molar-refractivity contribution in [2.75, 3.05) is 5.32 Å². The molecule has 1 N–H and O–H groups in total. The summed E-state index contributed by atoms with van der Waals surface area (Å²) >= 11 is 3.19. The quantitative estimate of drug-likeness (QED) is 0.826. The van der Waals surface area contributed by atoms with E-state index in [0.717, 1.165) is 6.07 Å². The van der Waals surface area contributed by atoms with Gasteiger partial charge in [-0.3, -0.25) is 0 Å². The Hall–Kier alpha value is -2.00. The molecule has 96 valence electrons. The highest BCUT2D eigenvalue weighted by molar-refractivity contribution is 9.10. The molecular weight excluding hydrogens is 321 g/mol. The lowest BCUT2D eigenvalue weighted by molar-refractivity contribution is 0.498. The van der Waals surface area contributed by atoms with Crippen molar-refractivity contribution in [3.63, 3.8) is 0 Å². The number of nitrogens with zero attached hydrogens (tertiary/aromatic N) is 1. The van der Waals surface area contributed by atoms with Crippen LogP contribution in [0.2, 0.25) is 0 Å². The third-order valence-electron chi connectivity index (χ3n) is 2.36. The molecule has 2 rings (SSSR count). The SMILES string of the molecule is N#Cc1cc(Br)ccc1Nc1cc(F)cc(F)c1F. The molecule has 6 heteroatoms. The van der Waals surface area contributed by atoms with Gasteiger partial charge in [-0.2, -0.15) is 5.26 Å².